The summed E-state index contributed by atoms with van der Waals surface area (Å²) < 4.78 is 37.6. The van der Waals surface area contributed by atoms with Gasteiger partial charge in [-0.3, -0.25) is 4.90 Å². The maximum atomic E-state index is 12.5. The maximum absolute atomic E-state index is 12.5. The topological polar surface area (TPSA) is 15.3 Å². The number of nitrogens with one attached hydrogen (secondary N) is 1. The molecule has 0 radical (unpaired) electrons. The van der Waals surface area contributed by atoms with Crippen molar-refractivity contribution in [2.24, 2.45) is 0 Å². The highest BCUT2D eigenvalue weighted by molar-refractivity contribution is 4.92. The molecule has 0 bridgehead atoms. The van der Waals surface area contributed by atoms with E-state index in [1.54, 1.807) is 4.90 Å². The lowest BCUT2D eigenvalue weighted by Gasteiger charge is -2.35. The predicted octanol–water partition coefficient (Wildman–Crippen LogP) is 2.79. The smallest absolute Gasteiger partial charge is 0.313 e. The van der Waals surface area contributed by atoms with Crippen LogP contribution in [0.5, 0.6) is 0 Å². The molecule has 102 valence electrons. The zero-order chi connectivity index (χ0) is 13.1. The van der Waals surface area contributed by atoms with E-state index in [1.165, 1.54) is 0 Å². The van der Waals surface area contributed by atoms with Crippen LogP contribution in [-0.4, -0.2) is 42.3 Å². The van der Waals surface area contributed by atoms with Crippen LogP contribution in [0.4, 0.5) is 13.2 Å². The molecule has 0 spiro atoms. The standard InChI is InChI=1S/C12H23F3N2/c1-4-11(16-5-2)9(3)17(10-6-7-10)8-12(13,14)15/h9-11,16H,4-8H2,1-3H3. The molecule has 1 rings (SSSR count). The molecule has 1 aliphatic rings. The fourth-order valence-corrected chi connectivity index (χ4v) is 2.37. The molecule has 0 aliphatic heterocycles. The van der Waals surface area contributed by atoms with Gasteiger partial charge >= 0.3 is 6.18 Å². The Labute approximate surface area is 102 Å². The number of hydrogen-bond acceptors (Lipinski definition) is 2. The van der Waals surface area contributed by atoms with E-state index in [0.29, 0.717) is 0 Å². The van der Waals surface area contributed by atoms with Gasteiger partial charge in [0.2, 0.25) is 0 Å². The van der Waals surface area contributed by atoms with Gasteiger partial charge in [0, 0.05) is 18.1 Å². The van der Waals surface area contributed by atoms with Gasteiger partial charge in [0.1, 0.15) is 0 Å². The van der Waals surface area contributed by atoms with Crippen LogP contribution in [0.3, 0.4) is 0 Å². The summed E-state index contributed by atoms with van der Waals surface area (Å²) in [5.41, 5.74) is 0. The van der Waals surface area contributed by atoms with Crippen LogP contribution >= 0.6 is 0 Å². The summed E-state index contributed by atoms with van der Waals surface area (Å²) in [6, 6.07) is 0.219. The molecule has 1 fully saturated rings. The molecule has 1 N–H and O–H groups in total. The molecule has 0 aromatic rings. The molecular formula is C12H23F3N2. The molecule has 17 heavy (non-hydrogen) atoms. The van der Waals surface area contributed by atoms with E-state index >= 15 is 0 Å². The van der Waals surface area contributed by atoms with E-state index in [1.807, 2.05) is 20.8 Å². The van der Waals surface area contributed by atoms with Crippen molar-refractivity contribution in [1.82, 2.24) is 10.2 Å². The van der Waals surface area contributed by atoms with Gasteiger partial charge in [-0.05, 0) is 32.7 Å². The van der Waals surface area contributed by atoms with Crippen LogP contribution in [0.15, 0.2) is 0 Å². The van der Waals surface area contributed by atoms with Crippen LogP contribution in [0.1, 0.15) is 40.0 Å². The van der Waals surface area contributed by atoms with Crippen molar-refractivity contribution in [3.05, 3.63) is 0 Å². The minimum Gasteiger partial charge on any atom is -0.313 e. The highest BCUT2D eigenvalue weighted by Gasteiger charge is 2.41. The lowest BCUT2D eigenvalue weighted by atomic mass is 10.1. The van der Waals surface area contributed by atoms with E-state index < -0.39 is 12.7 Å². The maximum Gasteiger partial charge on any atom is 0.401 e. The Hall–Kier alpha value is -0.290. The molecule has 0 heterocycles. The predicted molar refractivity (Wildman–Crippen MR) is 63.0 cm³/mol. The lowest BCUT2D eigenvalue weighted by molar-refractivity contribution is -0.153. The largest absolute Gasteiger partial charge is 0.401 e. The highest BCUT2D eigenvalue weighted by atomic mass is 19.4. The van der Waals surface area contributed by atoms with E-state index in [0.717, 1.165) is 25.8 Å². The molecule has 2 atom stereocenters. The van der Waals surface area contributed by atoms with Crippen LogP contribution in [-0.2, 0) is 0 Å². The van der Waals surface area contributed by atoms with Crippen LogP contribution < -0.4 is 5.32 Å². The first kappa shape index (κ1) is 14.8. The number of rotatable bonds is 7. The monoisotopic (exact) mass is 252 g/mol. The molecule has 5 heteroatoms. The number of halogens is 3. The fourth-order valence-electron chi connectivity index (χ4n) is 2.37. The summed E-state index contributed by atoms with van der Waals surface area (Å²) in [6.45, 7) is 5.93. The summed E-state index contributed by atoms with van der Waals surface area (Å²) in [6.07, 6.45) is -1.43. The average molecular weight is 252 g/mol. The quantitative estimate of drug-likeness (QED) is 0.749. The van der Waals surface area contributed by atoms with Crippen LogP contribution in [0.25, 0.3) is 0 Å². The normalized spacial score (nSPS) is 20.6. The summed E-state index contributed by atoms with van der Waals surface area (Å²) in [7, 11) is 0. The highest BCUT2D eigenvalue weighted by Crippen LogP contribution is 2.32. The second kappa shape index (κ2) is 6.05. The Bertz CT molecular complexity index is 226. The van der Waals surface area contributed by atoms with E-state index in [-0.39, 0.29) is 18.1 Å². The number of hydrogen-bond donors (Lipinski definition) is 1. The Morgan fingerprint density at radius 3 is 2.24 bits per heavy atom. The number of likely N-dealkylation sites (N-methyl/N-ethyl adjacent to an activating group) is 1. The zero-order valence-electron chi connectivity index (χ0n) is 10.8. The van der Waals surface area contributed by atoms with Gasteiger partial charge in [0.25, 0.3) is 0 Å². The average Bonchev–Trinajstić information content (AvgIpc) is 3.04. The minimum atomic E-state index is -4.10. The molecule has 0 aromatic carbocycles. The third kappa shape index (κ3) is 4.84. The molecule has 1 aliphatic carbocycles. The second-order valence-electron chi connectivity index (χ2n) is 4.83. The van der Waals surface area contributed by atoms with Gasteiger partial charge in [0.05, 0.1) is 6.54 Å². The van der Waals surface area contributed by atoms with Gasteiger partial charge in [-0.15, -0.1) is 0 Å². The van der Waals surface area contributed by atoms with Crippen molar-refractivity contribution in [2.75, 3.05) is 13.1 Å². The van der Waals surface area contributed by atoms with E-state index in [4.69, 9.17) is 0 Å². The van der Waals surface area contributed by atoms with Gasteiger partial charge in [-0.1, -0.05) is 13.8 Å². The van der Waals surface area contributed by atoms with Gasteiger partial charge in [0.15, 0.2) is 0 Å². The van der Waals surface area contributed by atoms with Crippen molar-refractivity contribution in [2.45, 2.75) is 64.3 Å². The first-order valence-electron chi connectivity index (χ1n) is 6.44. The summed E-state index contributed by atoms with van der Waals surface area (Å²) in [5.74, 6) is 0. The Morgan fingerprint density at radius 1 is 1.29 bits per heavy atom. The Kier molecular flexibility index (Phi) is 5.25. The Morgan fingerprint density at radius 2 is 1.88 bits per heavy atom. The van der Waals surface area contributed by atoms with Crippen molar-refractivity contribution >= 4 is 0 Å². The number of alkyl halides is 3. The second-order valence-corrected chi connectivity index (χ2v) is 4.83. The van der Waals surface area contributed by atoms with Gasteiger partial charge < -0.3 is 5.32 Å². The first-order valence-corrected chi connectivity index (χ1v) is 6.44. The third-order valence-corrected chi connectivity index (χ3v) is 3.39. The Balaban J connectivity index is 2.62. The molecule has 2 unspecified atom stereocenters. The zero-order valence-corrected chi connectivity index (χ0v) is 10.8. The summed E-state index contributed by atoms with van der Waals surface area (Å²) in [4.78, 5) is 1.62. The SMILES string of the molecule is CCNC(CC)C(C)N(CC(F)(F)F)C1CC1. The van der Waals surface area contributed by atoms with Crippen molar-refractivity contribution in [3.8, 4) is 0 Å². The number of nitrogens with zero attached hydrogens (tertiary/aromatic N) is 1. The minimum absolute atomic E-state index is 0.0610. The fraction of sp³-hybridized carbons (Fsp3) is 1.00. The van der Waals surface area contributed by atoms with E-state index in [2.05, 4.69) is 5.32 Å². The summed E-state index contributed by atoms with van der Waals surface area (Å²) >= 11 is 0. The molecule has 1 saturated carbocycles. The van der Waals surface area contributed by atoms with Crippen molar-refractivity contribution in [1.29, 1.82) is 0 Å². The molecule has 0 saturated heterocycles. The molecule has 0 aromatic heterocycles. The lowest BCUT2D eigenvalue weighted by Crippen LogP contribution is -2.51. The van der Waals surface area contributed by atoms with Gasteiger partial charge in [-0.25, -0.2) is 0 Å². The van der Waals surface area contributed by atoms with Gasteiger partial charge in [-0.2, -0.15) is 13.2 Å². The van der Waals surface area contributed by atoms with E-state index in [9.17, 15) is 13.2 Å². The third-order valence-electron chi connectivity index (χ3n) is 3.39. The van der Waals surface area contributed by atoms with Crippen molar-refractivity contribution < 1.29 is 13.2 Å². The van der Waals surface area contributed by atoms with Crippen molar-refractivity contribution in [3.63, 3.8) is 0 Å². The molecule has 2 nitrogen and oxygen atoms in total. The van der Waals surface area contributed by atoms with Crippen LogP contribution in [0, 0.1) is 0 Å². The summed E-state index contributed by atoms with van der Waals surface area (Å²) in [5, 5.41) is 3.27. The van der Waals surface area contributed by atoms with Crippen LogP contribution in [0.2, 0.25) is 0 Å². The first-order chi connectivity index (χ1) is 7.89. The molecule has 0 amide bonds. The molecular weight excluding hydrogens is 229 g/mol.